The van der Waals surface area contributed by atoms with Crippen molar-refractivity contribution < 1.29 is 14.3 Å². The van der Waals surface area contributed by atoms with Crippen molar-refractivity contribution in [2.45, 2.75) is 6.10 Å². The van der Waals surface area contributed by atoms with Crippen LogP contribution in [0.3, 0.4) is 0 Å². The fourth-order valence-corrected chi connectivity index (χ4v) is 2.28. The third-order valence-corrected chi connectivity index (χ3v) is 3.52. The Labute approximate surface area is 137 Å². The molecule has 1 atom stereocenters. The standard InChI is InChI=1S/C17H15FN4O2/c18-15-7-2-1-6-14(15)16(23)11-19-17(24)12-4-3-5-13(10-12)22-9-8-20-21-22/h1-10,16,23H,11H2,(H,19,24). The highest BCUT2D eigenvalue weighted by Gasteiger charge is 2.14. The van der Waals surface area contributed by atoms with E-state index in [-0.39, 0.29) is 18.0 Å². The van der Waals surface area contributed by atoms with E-state index >= 15 is 0 Å². The molecule has 0 aliphatic heterocycles. The Bertz CT molecular complexity index is 836. The first-order valence-electron chi connectivity index (χ1n) is 7.32. The van der Waals surface area contributed by atoms with Gasteiger partial charge in [0.25, 0.3) is 5.91 Å². The molecule has 2 N–H and O–H groups in total. The van der Waals surface area contributed by atoms with Gasteiger partial charge in [0.2, 0.25) is 0 Å². The summed E-state index contributed by atoms with van der Waals surface area (Å²) in [5.41, 5.74) is 1.24. The molecule has 0 radical (unpaired) electrons. The van der Waals surface area contributed by atoms with Gasteiger partial charge in [0.05, 0.1) is 24.2 Å². The van der Waals surface area contributed by atoms with Gasteiger partial charge in [-0.1, -0.05) is 29.5 Å². The number of rotatable bonds is 5. The number of amides is 1. The Morgan fingerprint density at radius 2 is 2.08 bits per heavy atom. The summed E-state index contributed by atoms with van der Waals surface area (Å²) in [5.74, 6) is -0.875. The number of nitrogens with zero attached hydrogens (tertiary/aromatic N) is 3. The van der Waals surface area contributed by atoms with Gasteiger partial charge in [-0.15, -0.1) is 5.10 Å². The van der Waals surface area contributed by atoms with E-state index in [1.807, 2.05) is 0 Å². The summed E-state index contributed by atoms with van der Waals surface area (Å²) in [7, 11) is 0. The number of carbonyl (C=O) groups excluding carboxylic acids is 1. The quantitative estimate of drug-likeness (QED) is 0.750. The molecule has 1 heterocycles. The van der Waals surface area contributed by atoms with Crippen molar-refractivity contribution >= 4 is 5.91 Å². The van der Waals surface area contributed by atoms with Gasteiger partial charge in [0, 0.05) is 17.7 Å². The molecule has 0 bridgehead atoms. The lowest BCUT2D eigenvalue weighted by Crippen LogP contribution is -2.28. The molecule has 3 rings (SSSR count). The van der Waals surface area contributed by atoms with E-state index in [4.69, 9.17) is 0 Å². The van der Waals surface area contributed by atoms with Crippen molar-refractivity contribution in [1.29, 1.82) is 0 Å². The zero-order valence-corrected chi connectivity index (χ0v) is 12.6. The normalized spacial score (nSPS) is 11.9. The van der Waals surface area contributed by atoms with Crippen molar-refractivity contribution in [2.24, 2.45) is 0 Å². The third-order valence-electron chi connectivity index (χ3n) is 3.52. The Morgan fingerprint density at radius 3 is 2.83 bits per heavy atom. The lowest BCUT2D eigenvalue weighted by molar-refractivity contribution is 0.0914. The molecule has 0 aliphatic carbocycles. The maximum absolute atomic E-state index is 13.6. The summed E-state index contributed by atoms with van der Waals surface area (Å²) in [5, 5.41) is 20.2. The summed E-state index contributed by atoms with van der Waals surface area (Å²) in [6.07, 6.45) is 2.09. The molecule has 0 aliphatic rings. The monoisotopic (exact) mass is 326 g/mol. The molecule has 122 valence electrons. The number of hydrogen-bond acceptors (Lipinski definition) is 4. The van der Waals surface area contributed by atoms with Crippen LogP contribution in [0.15, 0.2) is 60.9 Å². The Hall–Kier alpha value is -3.06. The number of aliphatic hydroxyl groups excluding tert-OH is 1. The number of halogens is 1. The second-order valence-electron chi connectivity index (χ2n) is 5.15. The molecule has 7 heteroatoms. The van der Waals surface area contributed by atoms with E-state index in [0.29, 0.717) is 11.3 Å². The number of aromatic nitrogens is 3. The van der Waals surface area contributed by atoms with Crippen LogP contribution in [0.25, 0.3) is 5.69 Å². The van der Waals surface area contributed by atoms with Crippen LogP contribution in [0.5, 0.6) is 0 Å². The van der Waals surface area contributed by atoms with E-state index in [1.54, 1.807) is 42.6 Å². The van der Waals surface area contributed by atoms with Gasteiger partial charge in [-0.2, -0.15) is 0 Å². The molecule has 1 amide bonds. The summed E-state index contributed by atoms with van der Waals surface area (Å²) in [4.78, 5) is 12.2. The molecular weight excluding hydrogens is 311 g/mol. The van der Waals surface area contributed by atoms with Gasteiger partial charge in [0.15, 0.2) is 0 Å². The number of benzene rings is 2. The largest absolute Gasteiger partial charge is 0.386 e. The van der Waals surface area contributed by atoms with E-state index in [2.05, 4.69) is 15.6 Å². The lowest BCUT2D eigenvalue weighted by atomic mass is 10.1. The fourth-order valence-electron chi connectivity index (χ4n) is 2.28. The number of carbonyl (C=O) groups is 1. The maximum Gasteiger partial charge on any atom is 0.251 e. The minimum atomic E-state index is -1.12. The summed E-state index contributed by atoms with van der Waals surface area (Å²) in [6, 6.07) is 12.7. The number of hydrogen-bond donors (Lipinski definition) is 2. The molecule has 0 spiro atoms. The van der Waals surface area contributed by atoms with Crippen LogP contribution < -0.4 is 5.32 Å². The molecule has 6 nitrogen and oxygen atoms in total. The number of aliphatic hydroxyl groups is 1. The third kappa shape index (κ3) is 3.47. The van der Waals surface area contributed by atoms with E-state index in [1.165, 1.54) is 23.0 Å². The highest BCUT2D eigenvalue weighted by molar-refractivity contribution is 5.94. The van der Waals surface area contributed by atoms with Gasteiger partial charge in [-0.3, -0.25) is 4.79 Å². The maximum atomic E-state index is 13.6. The van der Waals surface area contributed by atoms with Crippen LogP contribution in [-0.2, 0) is 0 Å². The molecule has 0 fully saturated rings. The van der Waals surface area contributed by atoms with Gasteiger partial charge in [0.1, 0.15) is 5.82 Å². The molecular formula is C17H15FN4O2. The minimum Gasteiger partial charge on any atom is -0.386 e. The summed E-state index contributed by atoms with van der Waals surface area (Å²) >= 11 is 0. The molecule has 0 saturated carbocycles. The molecule has 0 saturated heterocycles. The van der Waals surface area contributed by atoms with Crippen molar-refractivity contribution in [3.05, 3.63) is 77.9 Å². The van der Waals surface area contributed by atoms with Crippen molar-refractivity contribution in [3.63, 3.8) is 0 Å². The van der Waals surface area contributed by atoms with Crippen LogP contribution in [-0.4, -0.2) is 32.6 Å². The average Bonchev–Trinajstić information content (AvgIpc) is 3.14. The van der Waals surface area contributed by atoms with Crippen LogP contribution >= 0.6 is 0 Å². The average molecular weight is 326 g/mol. The van der Waals surface area contributed by atoms with E-state index in [9.17, 15) is 14.3 Å². The summed E-state index contributed by atoms with van der Waals surface area (Å²) in [6.45, 7) is -0.0900. The van der Waals surface area contributed by atoms with Crippen molar-refractivity contribution in [3.8, 4) is 5.69 Å². The Kier molecular flexibility index (Phi) is 4.62. The second-order valence-corrected chi connectivity index (χ2v) is 5.15. The van der Waals surface area contributed by atoms with Crippen LogP contribution in [0.1, 0.15) is 22.0 Å². The minimum absolute atomic E-state index is 0.0900. The molecule has 24 heavy (non-hydrogen) atoms. The Morgan fingerprint density at radius 1 is 1.25 bits per heavy atom. The molecule has 1 aromatic heterocycles. The van der Waals surface area contributed by atoms with Crippen LogP contribution in [0.2, 0.25) is 0 Å². The van der Waals surface area contributed by atoms with Gasteiger partial charge >= 0.3 is 0 Å². The van der Waals surface area contributed by atoms with Gasteiger partial charge in [-0.25, -0.2) is 9.07 Å². The summed E-state index contributed by atoms with van der Waals surface area (Å²) < 4.78 is 15.1. The highest BCUT2D eigenvalue weighted by atomic mass is 19.1. The highest BCUT2D eigenvalue weighted by Crippen LogP contribution is 2.16. The van der Waals surface area contributed by atoms with Crippen LogP contribution in [0, 0.1) is 5.82 Å². The van der Waals surface area contributed by atoms with Gasteiger partial charge < -0.3 is 10.4 Å². The first kappa shape index (κ1) is 15.8. The number of nitrogens with one attached hydrogen (secondary N) is 1. The molecule has 3 aromatic rings. The van der Waals surface area contributed by atoms with E-state index in [0.717, 1.165) is 0 Å². The zero-order valence-electron chi connectivity index (χ0n) is 12.6. The molecule has 1 unspecified atom stereocenters. The molecule has 2 aromatic carbocycles. The van der Waals surface area contributed by atoms with Crippen LogP contribution in [0.4, 0.5) is 4.39 Å². The Balaban J connectivity index is 1.67. The lowest BCUT2D eigenvalue weighted by Gasteiger charge is -2.13. The predicted molar refractivity (Wildman–Crippen MR) is 85.1 cm³/mol. The second kappa shape index (κ2) is 7.01. The van der Waals surface area contributed by atoms with Crippen molar-refractivity contribution in [2.75, 3.05) is 6.54 Å². The SMILES string of the molecule is O=C(NCC(O)c1ccccc1F)c1cccc(-n2ccnn2)c1. The smallest absolute Gasteiger partial charge is 0.251 e. The first-order valence-corrected chi connectivity index (χ1v) is 7.32. The first-order chi connectivity index (χ1) is 11.6. The van der Waals surface area contributed by atoms with Gasteiger partial charge in [-0.05, 0) is 24.3 Å². The van der Waals surface area contributed by atoms with E-state index < -0.39 is 11.9 Å². The van der Waals surface area contributed by atoms with Crippen molar-refractivity contribution in [1.82, 2.24) is 20.3 Å². The zero-order chi connectivity index (χ0) is 16.9. The predicted octanol–water partition coefficient (Wildman–Crippen LogP) is 1.87. The topological polar surface area (TPSA) is 80.0 Å². The fraction of sp³-hybridized carbons (Fsp3) is 0.118.